The molecule has 14 nitrogen and oxygen atoms in total. The molecule has 4 heterocycles. The topological polar surface area (TPSA) is 182 Å². The van der Waals surface area contributed by atoms with Crippen LogP contribution < -0.4 is 24.8 Å². The van der Waals surface area contributed by atoms with E-state index in [4.69, 9.17) is 14.2 Å². The highest BCUT2D eigenvalue weighted by atomic mass is 32.2. The molecule has 2 aliphatic carbocycles. The molecule has 7 rings (SSSR count). The average Bonchev–Trinajstić information content (AvgIpc) is 4.06. The summed E-state index contributed by atoms with van der Waals surface area (Å²) >= 11 is 0. The number of methoxy groups -OCH3 is 1. The molecule has 3 aliphatic heterocycles. The van der Waals surface area contributed by atoms with Crippen molar-refractivity contribution in [1.82, 2.24) is 25.2 Å². The fourth-order valence-electron chi connectivity index (χ4n) is 8.24. The van der Waals surface area contributed by atoms with Crippen molar-refractivity contribution in [2.45, 2.75) is 126 Å². The number of nitrogens with zero attached hydrogens (tertiary/aromatic N) is 2. The van der Waals surface area contributed by atoms with Gasteiger partial charge in [-0.05, 0) is 82.4 Å². The molecule has 0 bridgehead atoms. The third kappa shape index (κ3) is 8.00. The predicted molar refractivity (Wildman–Crippen MR) is 204 cm³/mol. The molecule has 3 N–H and O–H groups in total. The van der Waals surface area contributed by atoms with Crippen LogP contribution in [0.1, 0.15) is 103 Å². The molecule has 1 spiro atoms. The molecule has 5 atom stereocenters. The van der Waals surface area contributed by atoms with Gasteiger partial charge in [-0.25, -0.2) is 27.0 Å². The van der Waals surface area contributed by atoms with E-state index in [1.54, 1.807) is 25.1 Å². The predicted octanol–water partition coefficient (Wildman–Crippen LogP) is 4.99. The quantitative estimate of drug-likeness (QED) is 0.307. The van der Waals surface area contributed by atoms with E-state index in [2.05, 4.69) is 20.3 Å². The summed E-state index contributed by atoms with van der Waals surface area (Å²) in [5.41, 5.74) is -2.67. The Morgan fingerprint density at radius 1 is 1.12 bits per heavy atom. The van der Waals surface area contributed by atoms with Crippen LogP contribution in [0.5, 0.6) is 11.5 Å². The van der Waals surface area contributed by atoms with Crippen LogP contribution in [0.2, 0.25) is 0 Å². The zero-order chi connectivity index (χ0) is 40.9. The van der Waals surface area contributed by atoms with Crippen LogP contribution in [0.25, 0.3) is 10.9 Å². The minimum Gasteiger partial charge on any atom is -0.497 e. The van der Waals surface area contributed by atoms with Crippen molar-refractivity contribution < 1.29 is 50.6 Å². The molecule has 5 aliphatic rings. The van der Waals surface area contributed by atoms with Gasteiger partial charge >= 0.3 is 6.09 Å². The number of allylic oxidation sites excluding steroid dienone is 1. The average molecular weight is 816 g/mol. The Bertz CT molecular complexity index is 2090. The third-order valence-corrected chi connectivity index (χ3v) is 14.2. The van der Waals surface area contributed by atoms with Crippen LogP contribution in [0.3, 0.4) is 0 Å². The van der Waals surface area contributed by atoms with E-state index >= 15 is 0 Å². The number of pyridine rings is 1. The molecular formula is C40H51F2N5O9S. The highest BCUT2D eigenvalue weighted by Crippen LogP contribution is 2.50. The van der Waals surface area contributed by atoms with E-state index in [0.717, 1.165) is 6.42 Å². The Hall–Kier alpha value is -4.54. The molecule has 17 heteroatoms. The van der Waals surface area contributed by atoms with Crippen LogP contribution >= 0.6 is 0 Å². The molecule has 1 aromatic heterocycles. The number of alkyl carbamates (subject to hydrolysis) is 1. The fraction of sp³-hybridized carbons (Fsp3) is 0.625. The lowest BCUT2D eigenvalue weighted by Gasteiger charge is -2.37. The van der Waals surface area contributed by atoms with Crippen LogP contribution in [-0.4, -0.2) is 90.3 Å². The Labute approximate surface area is 330 Å². The molecule has 57 heavy (non-hydrogen) atoms. The summed E-state index contributed by atoms with van der Waals surface area (Å²) in [4.78, 5) is 61.8. The van der Waals surface area contributed by atoms with E-state index in [0.29, 0.717) is 54.3 Å². The molecule has 1 saturated heterocycles. The van der Waals surface area contributed by atoms with Gasteiger partial charge in [0, 0.05) is 23.3 Å². The first kappa shape index (κ1) is 40.6. The Morgan fingerprint density at radius 2 is 1.89 bits per heavy atom. The molecule has 2 aromatic rings. The van der Waals surface area contributed by atoms with Gasteiger partial charge in [0.05, 0.1) is 30.5 Å². The van der Waals surface area contributed by atoms with Gasteiger partial charge in [0.25, 0.3) is 12.3 Å². The third-order valence-electron chi connectivity index (χ3n) is 12.1. The van der Waals surface area contributed by atoms with Crippen LogP contribution in [-0.2, 0) is 35.6 Å². The second kappa shape index (κ2) is 15.3. The summed E-state index contributed by atoms with van der Waals surface area (Å²) in [7, 11) is -2.56. The standard InChI is InChI=1S/C40H51F2N5O9S/c1-23(2)21-55-37(51)44-29-11-9-7-5-6-8-10-24-19-40(24,36(50)46-57(52,53)38(3)16-17-38)45-34(48)30-20-39(22-47(30)35(29)49)15-14-26-27-18-25(54-4)12-13-28(27)43-31(33(41)42)32(26)56-39/h8,10,12-13,18,23-24,29-30,33H,5-7,9,11,14-17,19-22H2,1-4H3,(H,44,51)(H,45,48)(H,46,50)/b10-8-/t24-,29+,30+,39-,40-/m1/s1. The van der Waals surface area contributed by atoms with E-state index in [1.807, 2.05) is 26.0 Å². The van der Waals surface area contributed by atoms with Gasteiger partial charge in [-0.3, -0.25) is 19.1 Å². The number of aryl methyl sites for hydroxylation is 1. The lowest BCUT2D eigenvalue weighted by atomic mass is 9.87. The van der Waals surface area contributed by atoms with E-state index in [-0.39, 0.29) is 56.9 Å². The molecule has 1 aromatic carbocycles. The largest absolute Gasteiger partial charge is 0.497 e. The van der Waals surface area contributed by atoms with Gasteiger partial charge < -0.3 is 29.7 Å². The van der Waals surface area contributed by atoms with Crippen LogP contribution in [0.4, 0.5) is 13.6 Å². The maximum atomic E-state index is 14.7. The van der Waals surface area contributed by atoms with E-state index < -0.39 is 79.8 Å². The van der Waals surface area contributed by atoms with Crippen molar-refractivity contribution in [3.8, 4) is 11.5 Å². The minimum atomic E-state index is -4.05. The lowest BCUT2D eigenvalue weighted by Crippen LogP contribution is -2.58. The highest BCUT2D eigenvalue weighted by molar-refractivity contribution is 7.91. The highest BCUT2D eigenvalue weighted by Gasteiger charge is 2.64. The molecule has 3 fully saturated rings. The second-order valence-electron chi connectivity index (χ2n) is 16.9. The number of ether oxygens (including phenoxy) is 3. The van der Waals surface area contributed by atoms with Gasteiger partial charge in [-0.15, -0.1) is 0 Å². The second-order valence-corrected chi connectivity index (χ2v) is 19.1. The Kier molecular flexibility index (Phi) is 10.9. The number of fused-ring (bicyclic) bond motifs is 5. The van der Waals surface area contributed by atoms with Gasteiger partial charge in [-0.2, -0.15) is 0 Å². The molecule has 4 amide bonds. The zero-order valence-corrected chi connectivity index (χ0v) is 33.5. The normalized spacial score (nSPS) is 28.9. The maximum absolute atomic E-state index is 14.7. The minimum absolute atomic E-state index is 0.0361. The molecule has 2 saturated carbocycles. The van der Waals surface area contributed by atoms with Crippen LogP contribution in [0.15, 0.2) is 30.4 Å². The summed E-state index contributed by atoms with van der Waals surface area (Å²) < 4.78 is 74.3. The first-order chi connectivity index (χ1) is 27.0. The first-order valence-corrected chi connectivity index (χ1v) is 21.3. The number of rotatable bonds is 8. The van der Waals surface area contributed by atoms with Gasteiger partial charge in [0.2, 0.25) is 21.8 Å². The number of aromatic nitrogens is 1. The first-order valence-electron chi connectivity index (χ1n) is 19.8. The monoisotopic (exact) mass is 815 g/mol. The van der Waals surface area contributed by atoms with Gasteiger partial charge in [-0.1, -0.05) is 38.8 Å². The summed E-state index contributed by atoms with van der Waals surface area (Å²) in [6.07, 6.45) is 4.08. The fourth-order valence-corrected chi connectivity index (χ4v) is 9.55. The van der Waals surface area contributed by atoms with Crippen molar-refractivity contribution in [3.63, 3.8) is 0 Å². The summed E-state index contributed by atoms with van der Waals surface area (Å²) in [5.74, 6) is -2.29. The number of halogens is 2. The summed E-state index contributed by atoms with van der Waals surface area (Å²) in [6.45, 7) is 5.22. The van der Waals surface area contributed by atoms with Crippen molar-refractivity contribution in [2.24, 2.45) is 11.8 Å². The lowest BCUT2D eigenvalue weighted by molar-refractivity contribution is -0.141. The Balaban J connectivity index is 1.25. The molecular weight excluding hydrogens is 765 g/mol. The number of hydrogen-bond donors (Lipinski definition) is 3. The number of carbonyl (C=O) groups excluding carboxylic acids is 4. The number of hydrogen-bond acceptors (Lipinski definition) is 10. The number of nitrogens with one attached hydrogen (secondary N) is 3. The van der Waals surface area contributed by atoms with Gasteiger partial charge in [0.15, 0.2) is 5.75 Å². The van der Waals surface area contributed by atoms with E-state index in [1.165, 1.54) is 12.0 Å². The number of carbonyl (C=O) groups is 4. The maximum Gasteiger partial charge on any atom is 0.407 e. The summed E-state index contributed by atoms with van der Waals surface area (Å²) in [6, 6.07) is 2.55. The SMILES string of the molecule is COc1ccc2nc(C(F)F)c3c(c2c1)CC[C@]1(C[C@H]2C(=O)N[C@]4(C(=O)NS(=O)(=O)C5(C)CC5)C[C@H]4/C=C\CCCCC[C@H](NC(=O)OCC(C)C)C(=O)N2C1)O3. The molecule has 310 valence electrons. The summed E-state index contributed by atoms with van der Waals surface area (Å²) in [5, 5.41) is 6.12. The van der Waals surface area contributed by atoms with E-state index in [9.17, 15) is 36.4 Å². The van der Waals surface area contributed by atoms with Crippen molar-refractivity contribution in [3.05, 3.63) is 41.6 Å². The van der Waals surface area contributed by atoms with Crippen molar-refractivity contribution >= 4 is 44.7 Å². The van der Waals surface area contributed by atoms with Crippen molar-refractivity contribution in [2.75, 3.05) is 20.3 Å². The smallest absolute Gasteiger partial charge is 0.407 e. The zero-order valence-electron chi connectivity index (χ0n) is 32.7. The number of alkyl halides is 2. The molecule has 0 unspecified atom stereocenters. The van der Waals surface area contributed by atoms with Crippen molar-refractivity contribution in [1.29, 1.82) is 0 Å². The number of sulfonamides is 1. The van der Waals surface area contributed by atoms with Gasteiger partial charge in [0.1, 0.15) is 34.7 Å². The van der Waals surface area contributed by atoms with Crippen LogP contribution in [0, 0.1) is 11.8 Å². The number of amides is 4. The number of benzene rings is 1. The molecule has 0 radical (unpaired) electrons. The Morgan fingerprint density at radius 3 is 2.60 bits per heavy atom.